The van der Waals surface area contributed by atoms with E-state index in [-0.39, 0.29) is 16.6 Å². The number of benzene rings is 11. The van der Waals surface area contributed by atoms with E-state index in [4.69, 9.17) is 0 Å². The number of hydrogen-bond acceptors (Lipinski definition) is 1. The first-order valence-corrected chi connectivity index (χ1v) is 23.6. The van der Waals surface area contributed by atoms with Gasteiger partial charge in [0.1, 0.15) is 5.82 Å². The number of hydrogen-bond donors (Lipinski definition) is 0. The van der Waals surface area contributed by atoms with Crippen LogP contribution in [0.3, 0.4) is 0 Å². The van der Waals surface area contributed by atoms with Crippen molar-refractivity contribution < 1.29 is 4.39 Å². The van der Waals surface area contributed by atoms with Crippen LogP contribution in [-0.2, 0) is 10.8 Å². The molecular formula is C65H43FN2. The molecule has 0 aliphatic heterocycles. The van der Waals surface area contributed by atoms with Crippen LogP contribution in [0.4, 0.5) is 4.39 Å². The van der Waals surface area contributed by atoms with Gasteiger partial charge >= 0.3 is 0 Å². The molecule has 0 unspecified atom stereocenters. The van der Waals surface area contributed by atoms with E-state index in [0.29, 0.717) is 5.56 Å². The van der Waals surface area contributed by atoms with Gasteiger partial charge in [0.15, 0.2) is 0 Å². The van der Waals surface area contributed by atoms with Crippen molar-refractivity contribution in [2.45, 2.75) is 38.5 Å². The second-order valence-corrected chi connectivity index (χ2v) is 20.0. The molecule has 0 saturated carbocycles. The predicted molar refractivity (Wildman–Crippen MR) is 281 cm³/mol. The van der Waals surface area contributed by atoms with Gasteiger partial charge in [0, 0.05) is 32.7 Å². The third kappa shape index (κ3) is 5.10. The smallest absolute Gasteiger partial charge is 0.123 e. The molecule has 0 fully saturated rings. The van der Waals surface area contributed by atoms with E-state index in [9.17, 15) is 9.65 Å². The molecule has 0 radical (unpaired) electrons. The summed E-state index contributed by atoms with van der Waals surface area (Å²) < 4.78 is 16.5. The fourth-order valence-electron chi connectivity index (χ4n) is 12.7. The summed E-state index contributed by atoms with van der Waals surface area (Å²) in [5.41, 5.74) is 21.0. The van der Waals surface area contributed by atoms with E-state index in [0.717, 1.165) is 49.4 Å². The quantitative estimate of drug-likeness (QED) is 0.128. The highest BCUT2D eigenvalue weighted by atomic mass is 19.1. The van der Waals surface area contributed by atoms with Gasteiger partial charge < -0.3 is 4.57 Å². The molecule has 12 aromatic rings. The lowest BCUT2D eigenvalue weighted by atomic mass is 9.79. The van der Waals surface area contributed by atoms with E-state index in [2.05, 4.69) is 190 Å². The molecule has 2 aliphatic carbocycles. The fourth-order valence-corrected chi connectivity index (χ4v) is 12.7. The van der Waals surface area contributed by atoms with Crippen LogP contribution in [0.15, 0.2) is 188 Å². The van der Waals surface area contributed by atoms with E-state index in [1.807, 2.05) is 24.3 Å². The van der Waals surface area contributed by atoms with Crippen molar-refractivity contribution in [3.8, 4) is 67.4 Å². The maximum Gasteiger partial charge on any atom is 0.123 e. The molecule has 2 aliphatic rings. The van der Waals surface area contributed by atoms with Gasteiger partial charge in [0.2, 0.25) is 0 Å². The van der Waals surface area contributed by atoms with Crippen LogP contribution in [0, 0.1) is 17.1 Å². The van der Waals surface area contributed by atoms with E-state index >= 15 is 0 Å². The molecule has 1 heterocycles. The Morgan fingerprint density at radius 3 is 1.49 bits per heavy atom. The van der Waals surface area contributed by atoms with Crippen LogP contribution in [0.25, 0.3) is 115 Å². The number of rotatable bonds is 4. The number of aromatic nitrogens is 1. The molecule has 68 heavy (non-hydrogen) atoms. The van der Waals surface area contributed by atoms with Gasteiger partial charge in [-0.25, -0.2) is 4.39 Å². The molecule has 3 heteroatoms. The largest absolute Gasteiger partial charge is 0.309 e. The van der Waals surface area contributed by atoms with E-state index in [1.54, 1.807) is 0 Å². The lowest BCUT2D eigenvalue weighted by Crippen LogP contribution is -2.15. The average molecular weight is 871 g/mol. The Labute approximate surface area is 394 Å². The standard InChI is InChI=1S/C65H43FN2/c1-64(2)54-15-9-7-11-45(54)47-25-18-38(34-56(47)64)60-49-13-5-6-14-50(49)61(39-19-26-48-46-12-8-10-16-55(46)65(3,4)57(48)35-39)53-33-37(17-27-52(53)60)43-30-32-59-63-51(43)29-28-44-40(36-67)20-31-58(62(44)63)68(59)42-23-21-41(66)22-24-42/h5-35H,1-4H3. The summed E-state index contributed by atoms with van der Waals surface area (Å²) >= 11 is 0. The third-order valence-electron chi connectivity index (χ3n) is 15.9. The molecule has 0 saturated heterocycles. The summed E-state index contributed by atoms with van der Waals surface area (Å²) in [7, 11) is 0. The van der Waals surface area contributed by atoms with Crippen molar-refractivity contribution in [2.75, 3.05) is 0 Å². The minimum atomic E-state index is -0.276. The number of fused-ring (bicyclic) bond motifs is 8. The second kappa shape index (κ2) is 13.6. The Bertz CT molecular complexity index is 4210. The number of nitriles is 1. The van der Waals surface area contributed by atoms with Crippen molar-refractivity contribution in [3.05, 3.63) is 222 Å². The highest BCUT2D eigenvalue weighted by Crippen LogP contribution is 2.54. The zero-order chi connectivity index (χ0) is 45.8. The Morgan fingerprint density at radius 1 is 0.397 bits per heavy atom. The topological polar surface area (TPSA) is 28.7 Å². The van der Waals surface area contributed by atoms with Crippen molar-refractivity contribution in [2.24, 2.45) is 0 Å². The van der Waals surface area contributed by atoms with Crippen LogP contribution >= 0.6 is 0 Å². The van der Waals surface area contributed by atoms with Gasteiger partial charge in [-0.15, -0.1) is 0 Å². The normalized spacial score (nSPS) is 14.2. The molecule has 0 atom stereocenters. The highest BCUT2D eigenvalue weighted by molar-refractivity contribution is 6.28. The van der Waals surface area contributed by atoms with Crippen LogP contribution < -0.4 is 0 Å². The monoisotopic (exact) mass is 870 g/mol. The van der Waals surface area contributed by atoms with Crippen LogP contribution in [0.2, 0.25) is 0 Å². The predicted octanol–water partition coefficient (Wildman–Crippen LogP) is 17.3. The number of nitrogens with zero attached hydrogens (tertiary/aromatic N) is 2. The van der Waals surface area contributed by atoms with Crippen molar-refractivity contribution in [3.63, 3.8) is 0 Å². The van der Waals surface area contributed by atoms with Crippen molar-refractivity contribution in [1.82, 2.24) is 4.57 Å². The van der Waals surface area contributed by atoms with Gasteiger partial charge in [-0.3, -0.25) is 0 Å². The summed E-state index contributed by atoms with van der Waals surface area (Å²) in [6, 6.07) is 70.0. The first kappa shape index (κ1) is 38.9. The Balaban J connectivity index is 1.06. The molecule has 1 aromatic heterocycles. The zero-order valence-electron chi connectivity index (χ0n) is 38.2. The van der Waals surface area contributed by atoms with Gasteiger partial charge in [-0.05, 0) is 165 Å². The Hall–Kier alpha value is -8.32. The summed E-state index contributed by atoms with van der Waals surface area (Å²) in [4.78, 5) is 0. The van der Waals surface area contributed by atoms with Crippen LogP contribution in [0.5, 0.6) is 0 Å². The molecule has 0 N–H and O–H groups in total. The minimum absolute atomic E-state index is 0.142. The maximum atomic E-state index is 14.3. The van der Waals surface area contributed by atoms with Crippen molar-refractivity contribution >= 4 is 54.1 Å². The summed E-state index contributed by atoms with van der Waals surface area (Å²) in [5.74, 6) is -0.276. The average Bonchev–Trinajstić information content (AvgIpc) is 3.92. The zero-order valence-corrected chi connectivity index (χ0v) is 38.2. The van der Waals surface area contributed by atoms with E-state index in [1.165, 1.54) is 100 Å². The Kier molecular flexibility index (Phi) is 7.80. The molecule has 2 nitrogen and oxygen atoms in total. The van der Waals surface area contributed by atoms with Crippen molar-refractivity contribution in [1.29, 1.82) is 5.26 Å². The van der Waals surface area contributed by atoms with Crippen LogP contribution in [-0.4, -0.2) is 4.57 Å². The van der Waals surface area contributed by atoms with Gasteiger partial charge in [-0.1, -0.05) is 155 Å². The fraction of sp³-hybridized carbons (Fsp3) is 0.0923. The van der Waals surface area contributed by atoms with Gasteiger partial charge in [0.05, 0.1) is 22.7 Å². The molecule has 0 bridgehead atoms. The number of halogens is 1. The van der Waals surface area contributed by atoms with Crippen LogP contribution in [0.1, 0.15) is 55.5 Å². The summed E-state index contributed by atoms with van der Waals surface area (Å²) in [6.45, 7) is 9.44. The first-order valence-electron chi connectivity index (χ1n) is 23.6. The summed E-state index contributed by atoms with van der Waals surface area (Å²) in [5, 5.41) is 19.3. The molecule has 14 rings (SSSR count). The molecular weight excluding hydrogens is 828 g/mol. The molecule has 0 spiro atoms. The van der Waals surface area contributed by atoms with E-state index < -0.39 is 0 Å². The molecule has 0 amide bonds. The third-order valence-corrected chi connectivity index (χ3v) is 15.9. The van der Waals surface area contributed by atoms with Gasteiger partial charge in [-0.2, -0.15) is 5.26 Å². The lowest BCUT2D eigenvalue weighted by Gasteiger charge is -2.24. The lowest BCUT2D eigenvalue weighted by molar-refractivity contribution is 0.627. The maximum absolute atomic E-state index is 14.3. The first-order chi connectivity index (χ1) is 33.1. The second-order valence-electron chi connectivity index (χ2n) is 20.0. The molecule has 11 aromatic carbocycles. The minimum Gasteiger partial charge on any atom is -0.309 e. The Morgan fingerprint density at radius 2 is 0.868 bits per heavy atom. The summed E-state index contributed by atoms with van der Waals surface area (Å²) in [6.07, 6.45) is 0. The highest BCUT2D eigenvalue weighted by Gasteiger charge is 2.37. The van der Waals surface area contributed by atoms with Gasteiger partial charge in [0.25, 0.3) is 0 Å². The SMILES string of the molecule is CC1(C)c2ccccc2-c2ccc(-c3c4ccccc4c(-c4ccc5c(c4)C(C)(C)c4ccccc4-5)c4cc(-c5ccc6c7c5ccc5c(C#N)ccc(c57)n6-c5ccc(F)cc5)ccc34)cc21. The molecule has 320 valence electrons.